The summed E-state index contributed by atoms with van der Waals surface area (Å²) in [6, 6.07) is 6.86. The van der Waals surface area contributed by atoms with Crippen LogP contribution in [0.1, 0.15) is 16.1 Å². The fourth-order valence-electron chi connectivity index (χ4n) is 2.44. The van der Waals surface area contributed by atoms with Crippen molar-refractivity contribution in [2.45, 2.75) is 12.5 Å². The van der Waals surface area contributed by atoms with Crippen LogP contribution in [-0.2, 0) is 11.2 Å². The van der Waals surface area contributed by atoms with Gasteiger partial charge in [0.25, 0.3) is 5.91 Å². The number of amides is 2. The van der Waals surface area contributed by atoms with Gasteiger partial charge in [-0.05, 0) is 28.1 Å². The molecule has 1 unspecified atom stereocenters. The number of thiazole rings is 1. The molecule has 2 amide bonds. The van der Waals surface area contributed by atoms with E-state index in [1.807, 2.05) is 23.6 Å². The van der Waals surface area contributed by atoms with Gasteiger partial charge < -0.3 is 10.2 Å². The lowest BCUT2D eigenvalue weighted by Crippen LogP contribution is -2.47. The van der Waals surface area contributed by atoms with Crippen molar-refractivity contribution < 1.29 is 9.59 Å². The van der Waals surface area contributed by atoms with Crippen LogP contribution < -0.4 is 5.32 Å². The van der Waals surface area contributed by atoms with Gasteiger partial charge in [0.15, 0.2) is 0 Å². The summed E-state index contributed by atoms with van der Waals surface area (Å²) in [5, 5.41) is 4.89. The second-order valence-corrected chi connectivity index (χ2v) is 7.86. The number of hydrogen-bond donors (Lipinski definition) is 1. The van der Waals surface area contributed by atoms with Gasteiger partial charge in [0.2, 0.25) is 5.91 Å². The number of carbonyl (C=O) groups is 2. The zero-order chi connectivity index (χ0) is 16.9. The standard InChI is InChI=1S/C16H16BrN3O2S2/c17-13-4-2-1-3-12(13)16(22)20-10-24-8-14(20)15(21)18-6-5-11-7-23-9-19-11/h1-4,7,9,14H,5-6,8,10H2,(H,18,21). The summed E-state index contributed by atoms with van der Waals surface area (Å²) in [7, 11) is 0. The first kappa shape index (κ1) is 17.4. The van der Waals surface area contributed by atoms with E-state index in [4.69, 9.17) is 0 Å². The van der Waals surface area contributed by atoms with Crippen LogP contribution in [0, 0.1) is 0 Å². The second-order valence-electron chi connectivity index (χ2n) is 5.29. The Morgan fingerprint density at radius 1 is 1.38 bits per heavy atom. The maximum Gasteiger partial charge on any atom is 0.256 e. The molecule has 2 aromatic rings. The molecule has 1 aliphatic rings. The van der Waals surface area contributed by atoms with Crippen LogP contribution in [0.3, 0.4) is 0 Å². The van der Waals surface area contributed by atoms with Crippen LogP contribution in [0.2, 0.25) is 0 Å². The molecule has 1 N–H and O–H groups in total. The van der Waals surface area contributed by atoms with Crippen LogP contribution in [0.4, 0.5) is 0 Å². The highest BCUT2D eigenvalue weighted by Gasteiger charge is 2.35. The first-order valence-corrected chi connectivity index (χ1v) is 10.3. The monoisotopic (exact) mass is 425 g/mol. The van der Waals surface area contributed by atoms with Crippen molar-refractivity contribution in [1.29, 1.82) is 0 Å². The molecule has 126 valence electrons. The minimum atomic E-state index is -0.426. The van der Waals surface area contributed by atoms with E-state index in [-0.39, 0.29) is 11.8 Å². The van der Waals surface area contributed by atoms with E-state index >= 15 is 0 Å². The van der Waals surface area contributed by atoms with Gasteiger partial charge in [0.1, 0.15) is 6.04 Å². The largest absolute Gasteiger partial charge is 0.354 e. The molecule has 1 saturated heterocycles. The van der Waals surface area contributed by atoms with E-state index < -0.39 is 6.04 Å². The zero-order valence-corrected chi connectivity index (χ0v) is 16.0. The van der Waals surface area contributed by atoms with Crippen molar-refractivity contribution in [2.24, 2.45) is 0 Å². The minimum Gasteiger partial charge on any atom is -0.354 e. The summed E-state index contributed by atoms with van der Waals surface area (Å²) in [4.78, 5) is 31.0. The molecule has 0 saturated carbocycles. The van der Waals surface area contributed by atoms with Crippen LogP contribution in [0.25, 0.3) is 0 Å². The van der Waals surface area contributed by atoms with E-state index in [1.165, 1.54) is 0 Å². The topological polar surface area (TPSA) is 62.3 Å². The number of hydrogen-bond acceptors (Lipinski definition) is 5. The van der Waals surface area contributed by atoms with Crippen LogP contribution in [0.5, 0.6) is 0 Å². The number of carbonyl (C=O) groups excluding carboxylic acids is 2. The molecule has 0 bridgehead atoms. The highest BCUT2D eigenvalue weighted by Crippen LogP contribution is 2.26. The first-order valence-electron chi connectivity index (χ1n) is 7.45. The van der Waals surface area contributed by atoms with Crippen molar-refractivity contribution in [1.82, 2.24) is 15.2 Å². The van der Waals surface area contributed by atoms with Crippen LogP contribution in [-0.4, -0.2) is 45.9 Å². The molecule has 8 heteroatoms. The molecule has 1 aromatic carbocycles. The predicted molar refractivity (Wildman–Crippen MR) is 100 cm³/mol. The maximum atomic E-state index is 12.7. The quantitative estimate of drug-likeness (QED) is 0.799. The fourth-order valence-corrected chi connectivity index (χ4v) is 4.64. The van der Waals surface area contributed by atoms with Crippen LogP contribution >= 0.6 is 39.0 Å². The lowest BCUT2D eigenvalue weighted by atomic mass is 10.1. The Kier molecular flexibility index (Phi) is 5.91. The van der Waals surface area contributed by atoms with E-state index in [0.717, 1.165) is 10.2 Å². The summed E-state index contributed by atoms with van der Waals surface area (Å²) in [5.41, 5.74) is 3.34. The predicted octanol–water partition coefficient (Wildman–Crippen LogP) is 2.78. The summed E-state index contributed by atoms with van der Waals surface area (Å²) in [6.07, 6.45) is 0.702. The molecule has 3 rings (SSSR count). The average Bonchev–Trinajstić information content (AvgIpc) is 3.26. The molecule has 1 aromatic heterocycles. The summed E-state index contributed by atoms with van der Waals surface area (Å²) in [5.74, 6) is 0.936. The molecule has 1 fully saturated rings. The third kappa shape index (κ3) is 3.99. The van der Waals surface area contributed by atoms with E-state index in [1.54, 1.807) is 39.6 Å². The van der Waals surface area contributed by atoms with E-state index in [0.29, 0.717) is 30.2 Å². The van der Waals surface area contributed by atoms with E-state index in [9.17, 15) is 9.59 Å². The van der Waals surface area contributed by atoms with Gasteiger partial charge in [-0.3, -0.25) is 9.59 Å². The highest BCUT2D eigenvalue weighted by atomic mass is 79.9. The molecule has 0 spiro atoms. The van der Waals surface area contributed by atoms with Gasteiger partial charge in [-0.1, -0.05) is 12.1 Å². The molecule has 5 nitrogen and oxygen atoms in total. The summed E-state index contributed by atoms with van der Waals surface area (Å²) in [6.45, 7) is 0.529. The van der Waals surface area contributed by atoms with Crippen molar-refractivity contribution >= 4 is 50.8 Å². The Hall–Kier alpha value is -1.38. The normalized spacial score (nSPS) is 17.0. The maximum absolute atomic E-state index is 12.7. The molecule has 0 aliphatic carbocycles. The lowest BCUT2D eigenvalue weighted by molar-refractivity contribution is -0.124. The van der Waals surface area contributed by atoms with Gasteiger partial charge in [-0.25, -0.2) is 4.98 Å². The molecule has 24 heavy (non-hydrogen) atoms. The van der Waals surface area contributed by atoms with E-state index in [2.05, 4.69) is 26.2 Å². The molecular weight excluding hydrogens is 410 g/mol. The number of nitrogens with one attached hydrogen (secondary N) is 1. The van der Waals surface area contributed by atoms with Gasteiger partial charge in [-0.15, -0.1) is 23.1 Å². The molecular formula is C16H16BrN3O2S2. The first-order chi connectivity index (χ1) is 11.7. The smallest absolute Gasteiger partial charge is 0.256 e. The number of halogens is 1. The summed E-state index contributed by atoms with van der Waals surface area (Å²) < 4.78 is 0.745. The molecule has 0 radical (unpaired) electrons. The Balaban J connectivity index is 1.61. The number of nitrogens with zero attached hydrogens (tertiary/aromatic N) is 2. The lowest BCUT2D eigenvalue weighted by Gasteiger charge is -2.23. The Labute approximate surface area is 157 Å². The zero-order valence-electron chi connectivity index (χ0n) is 12.8. The average molecular weight is 426 g/mol. The SMILES string of the molecule is O=C(NCCc1cscn1)C1CSCN1C(=O)c1ccccc1Br. The second kappa shape index (κ2) is 8.13. The molecule has 1 aliphatic heterocycles. The van der Waals surface area contributed by atoms with Gasteiger partial charge in [-0.2, -0.15) is 0 Å². The van der Waals surface area contributed by atoms with Gasteiger partial charge >= 0.3 is 0 Å². The van der Waals surface area contributed by atoms with Gasteiger partial charge in [0.05, 0.1) is 22.6 Å². The summed E-state index contributed by atoms with van der Waals surface area (Å²) >= 11 is 6.54. The van der Waals surface area contributed by atoms with Crippen molar-refractivity contribution in [3.63, 3.8) is 0 Å². The van der Waals surface area contributed by atoms with Crippen molar-refractivity contribution in [3.05, 3.63) is 50.9 Å². The minimum absolute atomic E-state index is 0.101. The molecule has 1 atom stereocenters. The fraction of sp³-hybridized carbons (Fsp3) is 0.312. The highest BCUT2D eigenvalue weighted by molar-refractivity contribution is 9.10. The molecule has 2 heterocycles. The Bertz CT molecular complexity index is 724. The van der Waals surface area contributed by atoms with Crippen molar-refractivity contribution in [2.75, 3.05) is 18.2 Å². The third-order valence-electron chi connectivity index (χ3n) is 3.71. The number of rotatable bonds is 5. The number of aromatic nitrogens is 1. The van der Waals surface area contributed by atoms with Crippen molar-refractivity contribution in [3.8, 4) is 0 Å². The number of benzene rings is 1. The third-order valence-corrected chi connectivity index (χ3v) is 6.05. The number of thioether (sulfide) groups is 1. The Morgan fingerprint density at radius 2 is 2.21 bits per heavy atom. The van der Waals surface area contributed by atoms with Crippen LogP contribution in [0.15, 0.2) is 39.6 Å². The Morgan fingerprint density at radius 3 is 2.96 bits per heavy atom. The van der Waals surface area contributed by atoms with Gasteiger partial charge in [0, 0.05) is 28.6 Å².